The number of nitriles is 1. The molecule has 2 aromatic rings. The number of carbonyl (C=O) groups is 1. The van der Waals surface area contributed by atoms with Crippen molar-refractivity contribution in [1.82, 2.24) is 0 Å². The molecular formula is C19H15NO3S. The summed E-state index contributed by atoms with van der Waals surface area (Å²) in [4.78, 5) is 12.1. The van der Waals surface area contributed by atoms with Gasteiger partial charge in [-0.3, -0.25) is 4.79 Å². The van der Waals surface area contributed by atoms with Crippen LogP contribution in [-0.2, 0) is 4.79 Å². The number of phenols is 2. The van der Waals surface area contributed by atoms with Crippen LogP contribution in [0.1, 0.15) is 11.1 Å². The first kappa shape index (κ1) is 17.4. The van der Waals surface area contributed by atoms with E-state index in [-0.39, 0.29) is 22.2 Å². The van der Waals surface area contributed by atoms with Crippen LogP contribution in [0.15, 0.2) is 60.2 Å². The molecule has 0 aliphatic carbocycles. The lowest BCUT2D eigenvalue weighted by molar-refractivity contribution is -0.107. The van der Waals surface area contributed by atoms with Crippen molar-refractivity contribution in [3.63, 3.8) is 0 Å². The van der Waals surface area contributed by atoms with Gasteiger partial charge in [0.1, 0.15) is 11.6 Å². The fourth-order valence-corrected chi connectivity index (χ4v) is 2.49. The lowest BCUT2D eigenvalue weighted by Crippen LogP contribution is -1.95. The van der Waals surface area contributed by atoms with Crippen molar-refractivity contribution in [3.05, 3.63) is 71.3 Å². The minimum atomic E-state index is -0.345. The smallest absolute Gasteiger partial charge is 0.230 e. The van der Waals surface area contributed by atoms with E-state index in [1.165, 1.54) is 24.3 Å². The van der Waals surface area contributed by atoms with E-state index in [9.17, 15) is 15.0 Å². The fourth-order valence-electron chi connectivity index (χ4n) is 1.88. The number of aromatic hydroxyl groups is 2. The van der Waals surface area contributed by atoms with Gasteiger partial charge in [0, 0.05) is 5.75 Å². The zero-order valence-electron chi connectivity index (χ0n) is 12.7. The first-order chi connectivity index (χ1) is 11.6. The summed E-state index contributed by atoms with van der Waals surface area (Å²) in [5.41, 5.74) is 1.50. The Labute approximate surface area is 144 Å². The van der Waals surface area contributed by atoms with Gasteiger partial charge in [0.15, 0.2) is 11.5 Å². The van der Waals surface area contributed by atoms with E-state index in [2.05, 4.69) is 0 Å². The number of thioether (sulfide) groups is 1. The molecule has 0 amide bonds. The Morgan fingerprint density at radius 3 is 2.50 bits per heavy atom. The summed E-state index contributed by atoms with van der Waals surface area (Å²) in [6.07, 6.45) is 5.16. The number of rotatable bonds is 5. The molecule has 24 heavy (non-hydrogen) atoms. The van der Waals surface area contributed by atoms with Gasteiger partial charge in [0.2, 0.25) is 5.12 Å². The second-order valence-electron chi connectivity index (χ2n) is 4.83. The Kier molecular flexibility index (Phi) is 6.23. The summed E-state index contributed by atoms with van der Waals surface area (Å²) in [6.45, 7) is 0. The van der Waals surface area contributed by atoms with Gasteiger partial charge in [-0.1, -0.05) is 60.3 Å². The molecule has 0 aliphatic rings. The first-order valence-corrected chi connectivity index (χ1v) is 8.11. The Balaban J connectivity index is 1.98. The van der Waals surface area contributed by atoms with Crippen molar-refractivity contribution in [2.75, 3.05) is 5.75 Å². The highest BCUT2D eigenvalue weighted by Gasteiger charge is 2.09. The average molecular weight is 337 g/mol. The van der Waals surface area contributed by atoms with Crippen LogP contribution in [-0.4, -0.2) is 21.1 Å². The average Bonchev–Trinajstić information content (AvgIpc) is 2.60. The second kappa shape index (κ2) is 8.61. The van der Waals surface area contributed by atoms with Crippen molar-refractivity contribution in [1.29, 1.82) is 5.26 Å². The SMILES string of the molecule is N#C/C(=C\c1ccc(O)c(O)c1)C(=O)SC/C=C/c1ccccc1. The molecule has 0 radical (unpaired) electrons. The minimum absolute atomic E-state index is 0.0156. The number of phenolic OH excluding ortho intramolecular Hbond substituents is 2. The maximum atomic E-state index is 12.1. The van der Waals surface area contributed by atoms with Crippen LogP contribution < -0.4 is 0 Å². The van der Waals surface area contributed by atoms with Gasteiger partial charge in [0.25, 0.3) is 0 Å². The zero-order valence-corrected chi connectivity index (χ0v) is 13.5. The monoisotopic (exact) mass is 337 g/mol. The van der Waals surface area contributed by atoms with Gasteiger partial charge < -0.3 is 10.2 Å². The highest BCUT2D eigenvalue weighted by atomic mass is 32.2. The molecule has 120 valence electrons. The normalized spacial score (nSPS) is 11.4. The summed E-state index contributed by atoms with van der Waals surface area (Å²) in [5.74, 6) is -0.0996. The number of carbonyl (C=O) groups excluding carboxylic acids is 1. The second-order valence-corrected chi connectivity index (χ2v) is 5.82. The van der Waals surface area contributed by atoms with E-state index in [0.29, 0.717) is 11.3 Å². The Morgan fingerprint density at radius 2 is 1.83 bits per heavy atom. The Morgan fingerprint density at radius 1 is 1.08 bits per heavy atom. The van der Waals surface area contributed by atoms with E-state index >= 15 is 0 Å². The molecule has 5 heteroatoms. The molecular weight excluding hydrogens is 322 g/mol. The predicted octanol–water partition coefficient (Wildman–Crippen LogP) is 3.98. The van der Waals surface area contributed by atoms with E-state index in [0.717, 1.165) is 17.3 Å². The summed E-state index contributed by atoms with van der Waals surface area (Å²) >= 11 is 1.03. The number of hydrogen-bond donors (Lipinski definition) is 2. The van der Waals surface area contributed by atoms with Crippen molar-refractivity contribution in [3.8, 4) is 17.6 Å². The number of benzene rings is 2. The quantitative estimate of drug-likeness (QED) is 0.490. The molecule has 0 unspecified atom stereocenters. The molecule has 0 saturated carbocycles. The van der Waals surface area contributed by atoms with Crippen LogP contribution in [0.3, 0.4) is 0 Å². The van der Waals surface area contributed by atoms with Gasteiger partial charge in [-0.25, -0.2) is 0 Å². The molecule has 0 aliphatic heterocycles. The van der Waals surface area contributed by atoms with E-state index < -0.39 is 0 Å². The third-order valence-corrected chi connectivity index (χ3v) is 3.91. The van der Waals surface area contributed by atoms with Crippen LogP contribution in [0.2, 0.25) is 0 Å². The lowest BCUT2D eigenvalue weighted by Gasteiger charge is -2.00. The largest absolute Gasteiger partial charge is 0.504 e. The molecule has 4 nitrogen and oxygen atoms in total. The van der Waals surface area contributed by atoms with Crippen molar-refractivity contribution in [2.45, 2.75) is 0 Å². The van der Waals surface area contributed by atoms with Gasteiger partial charge in [0.05, 0.1) is 0 Å². The molecule has 0 saturated heterocycles. The Hall–Kier alpha value is -2.97. The van der Waals surface area contributed by atoms with E-state index in [4.69, 9.17) is 5.26 Å². The third kappa shape index (κ3) is 5.04. The van der Waals surface area contributed by atoms with E-state index in [1.807, 2.05) is 48.6 Å². The molecule has 0 fully saturated rings. The maximum Gasteiger partial charge on any atom is 0.230 e. The number of nitrogens with zero attached hydrogens (tertiary/aromatic N) is 1. The predicted molar refractivity (Wildman–Crippen MR) is 96.3 cm³/mol. The topological polar surface area (TPSA) is 81.3 Å². The lowest BCUT2D eigenvalue weighted by atomic mass is 10.1. The summed E-state index contributed by atoms with van der Waals surface area (Å²) in [5, 5.41) is 27.5. The summed E-state index contributed by atoms with van der Waals surface area (Å²) < 4.78 is 0. The molecule has 0 bridgehead atoms. The highest BCUT2D eigenvalue weighted by molar-refractivity contribution is 8.14. The molecule has 0 aromatic heterocycles. The van der Waals surface area contributed by atoms with Gasteiger partial charge in [-0.05, 0) is 29.3 Å². The van der Waals surface area contributed by atoms with Crippen LogP contribution in [0.25, 0.3) is 12.2 Å². The maximum absolute atomic E-state index is 12.1. The van der Waals surface area contributed by atoms with Gasteiger partial charge >= 0.3 is 0 Å². The van der Waals surface area contributed by atoms with Crippen LogP contribution in [0, 0.1) is 11.3 Å². The molecule has 0 atom stereocenters. The standard InChI is InChI=1S/C19H15NO3S/c20-13-16(11-15-8-9-17(21)18(22)12-15)19(23)24-10-4-7-14-5-2-1-3-6-14/h1-9,11-12,21-22H,10H2/b7-4+,16-11+. The third-order valence-electron chi connectivity index (χ3n) is 3.07. The fraction of sp³-hybridized carbons (Fsp3) is 0.0526. The van der Waals surface area contributed by atoms with E-state index in [1.54, 1.807) is 0 Å². The van der Waals surface area contributed by atoms with Crippen molar-refractivity contribution >= 4 is 29.0 Å². The highest BCUT2D eigenvalue weighted by Crippen LogP contribution is 2.26. The molecule has 0 spiro atoms. The first-order valence-electron chi connectivity index (χ1n) is 7.12. The molecule has 2 N–H and O–H groups in total. The number of hydrogen-bond acceptors (Lipinski definition) is 5. The van der Waals surface area contributed by atoms with Crippen LogP contribution in [0.4, 0.5) is 0 Å². The van der Waals surface area contributed by atoms with Gasteiger partial charge in [-0.15, -0.1) is 0 Å². The summed E-state index contributed by atoms with van der Waals surface area (Å²) in [7, 11) is 0. The molecule has 0 heterocycles. The molecule has 2 aromatic carbocycles. The van der Waals surface area contributed by atoms with Crippen LogP contribution in [0.5, 0.6) is 11.5 Å². The zero-order chi connectivity index (χ0) is 17.4. The molecule has 2 rings (SSSR count). The minimum Gasteiger partial charge on any atom is -0.504 e. The van der Waals surface area contributed by atoms with Gasteiger partial charge in [-0.2, -0.15) is 5.26 Å². The summed E-state index contributed by atoms with van der Waals surface area (Å²) in [6, 6.07) is 15.7. The van der Waals surface area contributed by atoms with Crippen molar-refractivity contribution in [2.24, 2.45) is 0 Å². The van der Waals surface area contributed by atoms with Crippen LogP contribution >= 0.6 is 11.8 Å². The van der Waals surface area contributed by atoms with Crippen molar-refractivity contribution < 1.29 is 15.0 Å². The Bertz CT molecular complexity index is 820.